The Morgan fingerprint density at radius 1 is 1.15 bits per heavy atom. The van der Waals surface area contributed by atoms with Gasteiger partial charge in [-0.15, -0.1) is 0 Å². The molecular formula is C28H30N4O6S. The van der Waals surface area contributed by atoms with Gasteiger partial charge in [-0.2, -0.15) is 0 Å². The number of benzene rings is 1. The lowest BCUT2D eigenvalue weighted by Crippen LogP contribution is -2.22. The number of primary amides is 1. The first-order valence-corrected chi connectivity index (χ1v) is 14.2. The highest BCUT2D eigenvalue weighted by Crippen LogP contribution is 2.37. The quantitative estimate of drug-likeness (QED) is 0.307. The standard InChI is InChI=1S/C28H30N4O6S/c1-17(2)23-13-21(15-32-28(23)37-16-18-7-10-36-11-8-18)39(34,35)24-5-3-4-22(26(29)33)25(24)38-20-12-19-6-9-30-27(19)31-14-20/h3-6,9,12-15,17-18H,7-8,10-11,16H2,1-2H3,(H2,29,33)(H,30,31). The summed E-state index contributed by atoms with van der Waals surface area (Å²) in [6.45, 7) is 5.79. The van der Waals surface area contributed by atoms with Gasteiger partial charge in [0.1, 0.15) is 16.3 Å². The Labute approximate surface area is 226 Å². The van der Waals surface area contributed by atoms with Crippen molar-refractivity contribution in [2.75, 3.05) is 19.8 Å². The Morgan fingerprint density at radius 2 is 1.95 bits per heavy atom. The fourth-order valence-electron chi connectivity index (χ4n) is 4.49. The summed E-state index contributed by atoms with van der Waals surface area (Å²) >= 11 is 0. The van der Waals surface area contributed by atoms with Gasteiger partial charge in [-0.25, -0.2) is 18.4 Å². The van der Waals surface area contributed by atoms with Crippen LogP contribution in [0.1, 0.15) is 48.5 Å². The molecule has 0 radical (unpaired) electrons. The average molecular weight is 551 g/mol. The molecule has 1 aromatic carbocycles. The maximum atomic E-state index is 13.9. The van der Waals surface area contributed by atoms with Gasteiger partial charge >= 0.3 is 0 Å². The minimum atomic E-state index is -4.18. The summed E-state index contributed by atoms with van der Waals surface area (Å²) in [5, 5.41) is 0.760. The third kappa shape index (κ3) is 5.59. The normalized spacial score (nSPS) is 14.5. The van der Waals surface area contributed by atoms with Crippen molar-refractivity contribution in [2.45, 2.75) is 42.4 Å². The molecule has 3 aromatic heterocycles. The van der Waals surface area contributed by atoms with E-state index in [1.165, 1.54) is 30.6 Å². The van der Waals surface area contributed by atoms with Crippen LogP contribution >= 0.6 is 0 Å². The maximum absolute atomic E-state index is 13.9. The van der Waals surface area contributed by atoms with Crippen LogP contribution < -0.4 is 15.2 Å². The molecule has 4 aromatic rings. The number of fused-ring (bicyclic) bond motifs is 1. The van der Waals surface area contributed by atoms with Crippen molar-refractivity contribution in [2.24, 2.45) is 11.7 Å². The van der Waals surface area contributed by atoms with Gasteiger partial charge in [-0.05, 0) is 55.0 Å². The summed E-state index contributed by atoms with van der Waals surface area (Å²) < 4.78 is 45.3. The molecule has 0 aliphatic carbocycles. The van der Waals surface area contributed by atoms with Crippen LogP contribution in [-0.2, 0) is 14.6 Å². The molecule has 1 saturated heterocycles. The van der Waals surface area contributed by atoms with Gasteiger partial charge < -0.3 is 24.9 Å². The van der Waals surface area contributed by atoms with E-state index in [1.54, 1.807) is 24.4 Å². The van der Waals surface area contributed by atoms with E-state index >= 15 is 0 Å². The van der Waals surface area contributed by atoms with Gasteiger partial charge in [0.25, 0.3) is 5.91 Å². The summed E-state index contributed by atoms with van der Waals surface area (Å²) in [6, 6.07) is 9.32. The number of nitrogens with one attached hydrogen (secondary N) is 1. The van der Waals surface area contributed by atoms with Crippen LogP contribution in [0.2, 0.25) is 0 Å². The molecule has 1 fully saturated rings. The zero-order chi connectivity index (χ0) is 27.6. The average Bonchev–Trinajstić information content (AvgIpc) is 3.40. The SMILES string of the molecule is CC(C)c1cc(S(=O)(=O)c2cccc(C(N)=O)c2Oc2cnc3[nH]ccc3c2)cnc1OCC1CCOCC1. The first-order chi connectivity index (χ1) is 18.7. The minimum Gasteiger partial charge on any atom is -0.477 e. The van der Waals surface area contributed by atoms with Gasteiger partial charge in [0.15, 0.2) is 5.75 Å². The van der Waals surface area contributed by atoms with Crippen LogP contribution in [0.5, 0.6) is 17.4 Å². The van der Waals surface area contributed by atoms with Crippen molar-refractivity contribution in [1.82, 2.24) is 15.0 Å². The van der Waals surface area contributed by atoms with Crippen LogP contribution in [0, 0.1) is 5.92 Å². The first kappa shape index (κ1) is 26.6. The highest BCUT2D eigenvalue weighted by molar-refractivity contribution is 7.91. The predicted octanol–water partition coefficient (Wildman–Crippen LogP) is 4.61. The Hall–Kier alpha value is -3.96. The molecule has 1 aliphatic rings. The summed E-state index contributed by atoms with van der Waals surface area (Å²) in [5.74, 6) is -0.0265. The first-order valence-electron chi connectivity index (χ1n) is 12.7. The fourth-order valence-corrected chi connectivity index (χ4v) is 5.87. The lowest BCUT2D eigenvalue weighted by atomic mass is 10.0. The Morgan fingerprint density at radius 3 is 2.69 bits per heavy atom. The molecule has 204 valence electrons. The highest BCUT2D eigenvalue weighted by atomic mass is 32.2. The number of carbonyl (C=O) groups is 1. The van der Waals surface area contributed by atoms with Crippen LogP contribution in [0.25, 0.3) is 11.0 Å². The third-order valence-corrected chi connectivity index (χ3v) is 8.46. The fraction of sp³-hybridized carbons (Fsp3) is 0.321. The van der Waals surface area contributed by atoms with Gasteiger partial charge in [0.05, 0.1) is 23.3 Å². The van der Waals surface area contributed by atoms with E-state index in [0.29, 0.717) is 42.8 Å². The Kier molecular flexibility index (Phi) is 7.53. The van der Waals surface area contributed by atoms with Crippen molar-refractivity contribution in [3.05, 3.63) is 66.1 Å². The summed E-state index contributed by atoms with van der Waals surface area (Å²) in [5.41, 5.74) is 6.84. The molecule has 0 saturated carbocycles. The second-order valence-electron chi connectivity index (χ2n) is 9.78. The number of hydrogen-bond donors (Lipinski definition) is 2. The molecule has 5 rings (SSSR count). The number of hydrogen-bond acceptors (Lipinski definition) is 8. The molecule has 3 N–H and O–H groups in total. The van der Waals surface area contributed by atoms with Crippen molar-refractivity contribution in [3.8, 4) is 17.4 Å². The number of nitrogens with zero attached hydrogens (tertiary/aromatic N) is 2. The number of para-hydroxylation sites is 1. The largest absolute Gasteiger partial charge is 0.477 e. The molecule has 0 bridgehead atoms. The summed E-state index contributed by atoms with van der Waals surface area (Å²) in [7, 11) is -4.18. The molecule has 0 spiro atoms. The smallest absolute Gasteiger partial charge is 0.252 e. The lowest BCUT2D eigenvalue weighted by molar-refractivity contribution is 0.0488. The molecule has 39 heavy (non-hydrogen) atoms. The van der Waals surface area contributed by atoms with E-state index in [4.69, 9.17) is 19.9 Å². The number of aromatic amines is 1. The van der Waals surface area contributed by atoms with Crippen molar-refractivity contribution < 1.29 is 27.4 Å². The zero-order valence-electron chi connectivity index (χ0n) is 21.7. The van der Waals surface area contributed by atoms with Crippen LogP contribution in [0.3, 0.4) is 0 Å². The number of ether oxygens (including phenoxy) is 3. The molecule has 10 nitrogen and oxygen atoms in total. The second-order valence-corrected chi connectivity index (χ2v) is 11.7. The second kappa shape index (κ2) is 11.0. The van der Waals surface area contributed by atoms with E-state index in [1.807, 2.05) is 13.8 Å². The number of amides is 1. The molecule has 0 atom stereocenters. The molecule has 0 unspecified atom stereocenters. The van der Waals surface area contributed by atoms with Gasteiger partial charge in [0, 0.05) is 36.6 Å². The van der Waals surface area contributed by atoms with Gasteiger partial charge in [-0.1, -0.05) is 19.9 Å². The molecule has 1 aliphatic heterocycles. The lowest BCUT2D eigenvalue weighted by Gasteiger charge is -2.23. The van der Waals surface area contributed by atoms with Crippen molar-refractivity contribution in [3.63, 3.8) is 0 Å². The van der Waals surface area contributed by atoms with Crippen LogP contribution in [0.15, 0.2) is 64.8 Å². The van der Waals surface area contributed by atoms with Crippen molar-refractivity contribution >= 4 is 26.8 Å². The monoisotopic (exact) mass is 550 g/mol. The Bertz CT molecular complexity index is 1610. The minimum absolute atomic E-state index is 0.0460. The zero-order valence-corrected chi connectivity index (χ0v) is 22.5. The van der Waals surface area contributed by atoms with E-state index in [-0.39, 0.29) is 32.8 Å². The molecule has 11 heteroatoms. The number of pyridine rings is 2. The summed E-state index contributed by atoms with van der Waals surface area (Å²) in [4.78, 5) is 23.7. The number of aromatic nitrogens is 3. The van der Waals surface area contributed by atoms with Gasteiger partial charge in [0.2, 0.25) is 15.7 Å². The van der Waals surface area contributed by atoms with E-state index in [0.717, 1.165) is 18.2 Å². The molecule has 4 heterocycles. The number of rotatable bonds is 9. The Balaban J connectivity index is 1.51. The summed E-state index contributed by atoms with van der Waals surface area (Å²) in [6.07, 6.45) is 6.26. The van der Waals surface area contributed by atoms with Crippen LogP contribution in [0.4, 0.5) is 0 Å². The number of nitrogens with two attached hydrogens (primary N) is 1. The predicted molar refractivity (Wildman–Crippen MR) is 144 cm³/mol. The van der Waals surface area contributed by atoms with E-state index in [2.05, 4.69) is 15.0 Å². The topological polar surface area (TPSA) is 146 Å². The molecular weight excluding hydrogens is 520 g/mol. The van der Waals surface area contributed by atoms with E-state index < -0.39 is 15.7 Å². The highest BCUT2D eigenvalue weighted by Gasteiger charge is 2.28. The van der Waals surface area contributed by atoms with Crippen LogP contribution in [-0.4, -0.2) is 49.1 Å². The van der Waals surface area contributed by atoms with Gasteiger partial charge in [-0.3, -0.25) is 4.79 Å². The number of H-pyrrole nitrogens is 1. The number of carbonyl (C=O) groups excluding carboxylic acids is 1. The maximum Gasteiger partial charge on any atom is 0.252 e. The number of sulfone groups is 1. The third-order valence-electron chi connectivity index (χ3n) is 6.71. The van der Waals surface area contributed by atoms with E-state index in [9.17, 15) is 13.2 Å². The van der Waals surface area contributed by atoms with Crippen molar-refractivity contribution in [1.29, 1.82) is 0 Å². The molecule has 1 amide bonds.